The van der Waals surface area contributed by atoms with E-state index in [9.17, 15) is 4.79 Å². The second-order valence-corrected chi connectivity index (χ2v) is 5.26. The summed E-state index contributed by atoms with van der Waals surface area (Å²) in [4.78, 5) is 12.3. The maximum Gasteiger partial charge on any atom is 0.241 e. The van der Waals surface area contributed by atoms with Gasteiger partial charge in [0.25, 0.3) is 0 Å². The molecule has 0 aromatic heterocycles. The van der Waals surface area contributed by atoms with Gasteiger partial charge in [0.05, 0.1) is 19.8 Å². The Labute approximate surface area is 130 Å². The summed E-state index contributed by atoms with van der Waals surface area (Å²) < 4.78 is 16.0. The van der Waals surface area contributed by atoms with E-state index in [-0.39, 0.29) is 11.8 Å². The van der Waals surface area contributed by atoms with Crippen LogP contribution in [0.25, 0.3) is 0 Å². The summed E-state index contributed by atoms with van der Waals surface area (Å²) in [5, 5.41) is 2.85. The van der Waals surface area contributed by atoms with Crippen LogP contribution in [0.5, 0.6) is 11.5 Å². The largest absolute Gasteiger partial charge is 0.493 e. The molecule has 1 fully saturated rings. The van der Waals surface area contributed by atoms with Crippen LogP contribution in [0.15, 0.2) is 18.2 Å². The molecule has 0 bridgehead atoms. The molecule has 3 N–H and O–H groups in total. The Morgan fingerprint density at radius 3 is 2.77 bits per heavy atom. The van der Waals surface area contributed by atoms with E-state index in [1.54, 1.807) is 25.3 Å². The van der Waals surface area contributed by atoms with Crippen LogP contribution in [0.2, 0.25) is 0 Å². The molecule has 6 heteroatoms. The lowest BCUT2D eigenvalue weighted by Gasteiger charge is -2.26. The van der Waals surface area contributed by atoms with Crippen LogP contribution < -0.4 is 20.5 Å². The lowest BCUT2D eigenvalue weighted by atomic mass is 9.92. The lowest BCUT2D eigenvalue weighted by molar-refractivity contribution is -0.119. The topological polar surface area (TPSA) is 82.8 Å². The first-order valence-corrected chi connectivity index (χ1v) is 7.60. The zero-order chi connectivity index (χ0) is 15.9. The Kier molecular flexibility index (Phi) is 6.03. The molecule has 1 atom stereocenters. The van der Waals surface area contributed by atoms with Gasteiger partial charge in [-0.3, -0.25) is 4.79 Å². The van der Waals surface area contributed by atoms with Gasteiger partial charge < -0.3 is 25.3 Å². The molecular weight excluding hydrogens is 284 g/mol. The molecule has 1 amide bonds. The molecule has 0 aliphatic carbocycles. The first-order valence-electron chi connectivity index (χ1n) is 7.60. The normalized spacial score (nSPS) is 16.9. The minimum absolute atomic E-state index is 0.165. The van der Waals surface area contributed by atoms with Crippen LogP contribution in [0.4, 0.5) is 5.69 Å². The number of carbonyl (C=O) groups excluding carboxylic acids is 1. The van der Waals surface area contributed by atoms with Crippen molar-refractivity contribution in [1.82, 2.24) is 0 Å². The van der Waals surface area contributed by atoms with Gasteiger partial charge in [-0.05, 0) is 37.8 Å². The standard InChI is InChI=1S/C16H24N2O4/c1-3-22-14-10-12(4-5-13(14)20-2)18-16(19)15(17)11-6-8-21-9-7-11/h4-5,10-11,15H,3,6-9,17H2,1-2H3,(H,18,19). The van der Waals surface area contributed by atoms with Crippen molar-refractivity contribution in [3.8, 4) is 11.5 Å². The van der Waals surface area contributed by atoms with E-state index in [0.29, 0.717) is 37.0 Å². The monoisotopic (exact) mass is 308 g/mol. The number of hydrogen-bond donors (Lipinski definition) is 2. The number of methoxy groups -OCH3 is 1. The molecule has 0 saturated carbocycles. The first kappa shape index (κ1) is 16.6. The molecule has 1 saturated heterocycles. The number of nitrogens with two attached hydrogens (primary N) is 1. The highest BCUT2D eigenvalue weighted by molar-refractivity contribution is 5.95. The van der Waals surface area contributed by atoms with Crippen molar-refractivity contribution in [2.75, 3.05) is 32.2 Å². The second-order valence-electron chi connectivity index (χ2n) is 5.26. The van der Waals surface area contributed by atoms with Gasteiger partial charge in [0.1, 0.15) is 0 Å². The van der Waals surface area contributed by atoms with Gasteiger partial charge >= 0.3 is 0 Å². The predicted octanol–water partition coefficient (Wildman–Crippen LogP) is 1.79. The number of ether oxygens (including phenoxy) is 3. The smallest absolute Gasteiger partial charge is 0.241 e. The Morgan fingerprint density at radius 1 is 1.41 bits per heavy atom. The van der Waals surface area contributed by atoms with Crippen LogP contribution in [-0.4, -0.2) is 38.9 Å². The molecule has 1 heterocycles. The molecule has 22 heavy (non-hydrogen) atoms. The number of rotatable bonds is 6. The van der Waals surface area contributed by atoms with Crippen molar-refractivity contribution in [2.24, 2.45) is 11.7 Å². The van der Waals surface area contributed by atoms with Gasteiger partial charge in [-0.25, -0.2) is 0 Å². The maximum absolute atomic E-state index is 12.3. The van der Waals surface area contributed by atoms with Crippen molar-refractivity contribution < 1.29 is 19.0 Å². The Bertz CT molecular complexity index is 501. The van der Waals surface area contributed by atoms with Crippen molar-refractivity contribution in [2.45, 2.75) is 25.8 Å². The van der Waals surface area contributed by atoms with E-state index in [4.69, 9.17) is 19.9 Å². The summed E-state index contributed by atoms with van der Waals surface area (Å²) >= 11 is 0. The molecule has 6 nitrogen and oxygen atoms in total. The van der Waals surface area contributed by atoms with Gasteiger partial charge in [0, 0.05) is 25.0 Å². The number of hydrogen-bond acceptors (Lipinski definition) is 5. The van der Waals surface area contributed by atoms with Crippen molar-refractivity contribution in [3.63, 3.8) is 0 Å². The highest BCUT2D eigenvalue weighted by atomic mass is 16.5. The van der Waals surface area contributed by atoms with E-state index in [2.05, 4.69) is 5.32 Å². The Balaban J connectivity index is 2.02. The summed E-state index contributed by atoms with van der Waals surface area (Å²) in [5.41, 5.74) is 6.72. The summed E-state index contributed by atoms with van der Waals surface area (Å²) in [7, 11) is 1.58. The molecule has 0 spiro atoms. The fourth-order valence-electron chi connectivity index (χ4n) is 2.54. The Hall–Kier alpha value is -1.79. The Morgan fingerprint density at radius 2 is 2.14 bits per heavy atom. The molecule has 1 aromatic carbocycles. The predicted molar refractivity (Wildman–Crippen MR) is 84.3 cm³/mol. The third-order valence-electron chi connectivity index (χ3n) is 3.81. The van der Waals surface area contributed by atoms with Gasteiger partial charge in [0.2, 0.25) is 5.91 Å². The lowest BCUT2D eigenvalue weighted by Crippen LogP contribution is -2.44. The molecule has 1 aliphatic rings. The molecule has 2 rings (SSSR count). The zero-order valence-electron chi connectivity index (χ0n) is 13.1. The minimum Gasteiger partial charge on any atom is -0.493 e. The minimum atomic E-state index is -0.526. The van der Waals surface area contributed by atoms with E-state index in [0.717, 1.165) is 12.8 Å². The van der Waals surface area contributed by atoms with Crippen LogP contribution in [-0.2, 0) is 9.53 Å². The number of anilines is 1. The van der Waals surface area contributed by atoms with E-state index in [1.807, 2.05) is 6.92 Å². The fourth-order valence-corrected chi connectivity index (χ4v) is 2.54. The van der Waals surface area contributed by atoms with E-state index < -0.39 is 6.04 Å². The van der Waals surface area contributed by atoms with Crippen molar-refractivity contribution in [3.05, 3.63) is 18.2 Å². The number of amides is 1. The third-order valence-corrected chi connectivity index (χ3v) is 3.81. The van der Waals surface area contributed by atoms with E-state index in [1.165, 1.54) is 0 Å². The first-order chi connectivity index (χ1) is 10.7. The van der Waals surface area contributed by atoms with Crippen molar-refractivity contribution in [1.29, 1.82) is 0 Å². The van der Waals surface area contributed by atoms with E-state index >= 15 is 0 Å². The third kappa shape index (κ3) is 4.11. The van der Waals surface area contributed by atoms with Crippen LogP contribution in [0, 0.1) is 5.92 Å². The highest BCUT2D eigenvalue weighted by Crippen LogP contribution is 2.30. The van der Waals surface area contributed by atoms with Crippen molar-refractivity contribution >= 4 is 11.6 Å². The molecule has 0 radical (unpaired) electrons. The quantitative estimate of drug-likeness (QED) is 0.837. The zero-order valence-corrected chi connectivity index (χ0v) is 13.1. The molecule has 1 unspecified atom stereocenters. The molecule has 1 aromatic rings. The van der Waals surface area contributed by atoms with Crippen LogP contribution in [0.3, 0.4) is 0 Å². The summed E-state index contributed by atoms with van der Waals surface area (Å²) in [6.45, 7) is 3.76. The maximum atomic E-state index is 12.3. The summed E-state index contributed by atoms with van der Waals surface area (Å²) in [5.74, 6) is 1.22. The van der Waals surface area contributed by atoms with Gasteiger partial charge in [-0.2, -0.15) is 0 Å². The van der Waals surface area contributed by atoms with Gasteiger partial charge in [0.15, 0.2) is 11.5 Å². The number of carbonyl (C=O) groups is 1. The number of nitrogens with one attached hydrogen (secondary N) is 1. The van der Waals surface area contributed by atoms with Crippen LogP contribution in [0.1, 0.15) is 19.8 Å². The summed E-state index contributed by atoms with van der Waals surface area (Å²) in [6.07, 6.45) is 1.64. The average Bonchev–Trinajstić information content (AvgIpc) is 2.55. The second kappa shape index (κ2) is 8.00. The molecule has 1 aliphatic heterocycles. The molecular formula is C16H24N2O4. The van der Waals surface area contributed by atoms with Crippen LogP contribution >= 0.6 is 0 Å². The SMILES string of the molecule is CCOc1cc(NC(=O)C(N)C2CCOCC2)ccc1OC. The highest BCUT2D eigenvalue weighted by Gasteiger charge is 2.26. The number of benzene rings is 1. The summed E-state index contributed by atoms with van der Waals surface area (Å²) in [6, 6.07) is 4.76. The van der Waals surface area contributed by atoms with Gasteiger partial charge in [-0.15, -0.1) is 0 Å². The average molecular weight is 308 g/mol. The fraction of sp³-hybridized carbons (Fsp3) is 0.562. The van der Waals surface area contributed by atoms with Gasteiger partial charge in [-0.1, -0.05) is 0 Å². The molecule has 122 valence electrons.